The predicted octanol–water partition coefficient (Wildman–Crippen LogP) is 6.25. The number of amides is 1. The summed E-state index contributed by atoms with van der Waals surface area (Å²) in [7, 11) is 3.20. The van der Waals surface area contributed by atoms with E-state index >= 15 is 0 Å². The van der Waals surface area contributed by atoms with E-state index in [2.05, 4.69) is 26.0 Å². The molecule has 3 fully saturated rings. The summed E-state index contributed by atoms with van der Waals surface area (Å²) < 4.78 is 10.9. The lowest BCUT2D eigenvalue weighted by atomic mass is 9.50. The van der Waals surface area contributed by atoms with Crippen LogP contribution in [0.5, 0.6) is 11.5 Å². The maximum absolute atomic E-state index is 14.0. The fourth-order valence-electron chi connectivity index (χ4n) is 8.98. The number of hydrogen-bond donors (Lipinski definition) is 2. The van der Waals surface area contributed by atoms with Crippen molar-refractivity contribution in [2.75, 3.05) is 20.8 Å². The van der Waals surface area contributed by atoms with Gasteiger partial charge in [0.15, 0.2) is 11.5 Å². The summed E-state index contributed by atoms with van der Waals surface area (Å²) >= 11 is 0. The molecular formula is C37H47NO5. The Balaban J connectivity index is 1.27. The van der Waals surface area contributed by atoms with E-state index in [9.17, 15) is 15.0 Å². The van der Waals surface area contributed by atoms with Crippen LogP contribution in [0.4, 0.5) is 0 Å². The third-order valence-corrected chi connectivity index (χ3v) is 11.7. The first kappa shape index (κ1) is 30.0. The van der Waals surface area contributed by atoms with Crippen LogP contribution in [0.2, 0.25) is 0 Å². The number of nitrogens with zero attached hydrogens (tertiary/aromatic N) is 1. The van der Waals surface area contributed by atoms with Crippen molar-refractivity contribution >= 4 is 5.91 Å². The number of aliphatic hydroxyl groups excluding tert-OH is 1. The normalized spacial score (nSPS) is 32.9. The molecule has 4 aliphatic rings. The quantitative estimate of drug-likeness (QED) is 0.383. The number of rotatable bonds is 8. The van der Waals surface area contributed by atoms with E-state index in [0.717, 1.165) is 49.7 Å². The molecule has 0 unspecified atom stereocenters. The average molecular weight is 586 g/mol. The molecule has 2 N–H and O–H groups in total. The number of allylic oxidation sites excluding steroid dienone is 3. The van der Waals surface area contributed by atoms with Gasteiger partial charge in [-0.1, -0.05) is 73.5 Å². The molecule has 0 aromatic heterocycles. The molecule has 4 aliphatic carbocycles. The summed E-state index contributed by atoms with van der Waals surface area (Å²) in [5, 5.41) is 22.9. The fraction of sp³-hybridized carbons (Fsp3) is 0.541. The first-order valence-corrected chi connectivity index (χ1v) is 15.9. The molecule has 3 saturated carbocycles. The van der Waals surface area contributed by atoms with E-state index in [-0.39, 0.29) is 35.2 Å². The lowest BCUT2D eigenvalue weighted by Gasteiger charge is -2.56. The number of ether oxygens (including phenoxy) is 2. The molecule has 2 aromatic rings. The summed E-state index contributed by atoms with van der Waals surface area (Å²) in [6, 6.07) is 15.7. The molecule has 230 valence electrons. The second-order valence-electron chi connectivity index (χ2n) is 13.9. The van der Waals surface area contributed by atoms with Crippen molar-refractivity contribution in [1.29, 1.82) is 0 Å². The summed E-state index contributed by atoms with van der Waals surface area (Å²) in [6.45, 7) is 5.44. The minimum Gasteiger partial charge on any atom is -0.493 e. The lowest BCUT2D eigenvalue weighted by Crippen LogP contribution is -2.56. The van der Waals surface area contributed by atoms with Gasteiger partial charge >= 0.3 is 0 Å². The zero-order chi connectivity index (χ0) is 30.4. The van der Waals surface area contributed by atoms with Crippen LogP contribution in [0, 0.1) is 22.7 Å². The molecule has 6 atom stereocenters. The van der Waals surface area contributed by atoms with Crippen molar-refractivity contribution in [3.05, 3.63) is 83.0 Å². The minimum absolute atomic E-state index is 0.0111. The Bertz CT molecular complexity index is 1420. The highest BCUT2D eigenvalue weighted by molar-refractivity contribution is 5.79. The van der Waals surface area contributed by atoms with E-state index in [0.29, 0.717) is 36.9 Å². The summed E-state index contributed by atoms with van der Waals surface area (Å²) in [4.78, 5) is 15.9. The molecule has 0 heterocycles. The Kier molecular flexibility index (Phi) is 7.97. The third kappa shape index (κ3) is 5.21. The van der Waals surface area contributed by atoms with Gasteiger partial charge in [-0.25, -0.2) is 0 Å². The van der Waals surface area contributed by atoms with Crippen LogP contribution in [0.15, 0.2) is 71.8 Å². The van der Waals surface area contributed by atoms with Gasteiger partial charge < -0.3 is 24.6 Å². The largest absolute Gasteiger partial charge is 0.493 e. The van der Waals surface area contributed by atoms with Crippen LogP contribution < -0.4 is 9.47 Å². The lowest BCUT2D eigenvalue weighted by molar-refractivity contribution is -0.142. The Hall–Kier alpha value is -3.09. The second-order valence-corrected chi connectivity index (χ2v) is 13.9. The van der Waals surface area contributed by atoms with E-state index in [1.54, 1.807) is 14.2 Å². The number of carbonyl (C=O) groups excluding carboxylic acids is 1. The first-order valence-electron chi connectivity index (χ1n) is 15.9. The highest BCUT2D eigenvalue weighted by atomic mass is 16.5. The van der Waals surface area contributed by atoms with Gasteiger partial charge in [-0.2, -0.15) is 0 Å². The standard InChI is InChI=1S/C37H47NO5/c1-35-17-14-28(39)22-27(35)11-12-29-30(35)15-18-36(2)31(29)16-19-37(36,41)24-38(23-25-8-6-5-7-9-25)34(40)21-26-10-13-32(42-3)33(20-26)43-4/h5-13,20,28,30-31,39,41H,14-19,21-24H2,1-4H3/t28-,30-,31-,35-,36-,37+/m0/s1. The SMILES string of the molecule is COc1ccc(CC(=O)N(Cc2ccccc2)C[C@]2(O)CC[C@H]3C4=CC=C5C[C@@H](O)CC[C@]5(C)[C@H]4CC[C@@]32C)cc1OC. The van der Waals surface area contributed by atoms with Gasteiger partial charge in [-0.15, -0.1) is 0 Å². The van der Waals surface area contributed by atoms with Gasteiger partial charge in [0, 0.05) is 12.0 Å². The summed E-state index contributed by atoms with van der Waals surface area (Å²) in [6.07, 6.45) is 10.8. The summed E-state index contributed by atoms with van der Waals surface area (Å²) in [5.41, 5.74) is 3.58. The number of aliphatic hydroxyl groups is 2. The van der Waals surface area contributed by atoms with Gasteiger partial charge in [0.1, 0.15) is 0 Å². The van der Waals surface area contributed by atoms with Crippen LogP contribution in [0.1, 0.15) is 69.9 Å². The van der Waals surface area contributed by atoms with E-state index in [1.807, 2.05) is 53.4 Å². The molecule has 0 radical (unpaired) electrons. The molecule has 0 saturated heterocycles. The monoisotopic (exact) mass is 585 g/mol. The topological polar surface area (TPSA) is 79.2 Å². The average Bonchev–Trinajstić information content (AvgIpc) is 3.27. The summed E-state index contributed by atoms with van der Waals surface area (Å²) in [5.74, 6) is 1.97. The molecule has 1 amide bonds. The molecule has 0 bridgehead atoms. The molecule has 2 aromatic carbocycles. The van der Waals surface area contributed by atoms with Crippen LogP contribution in [0.25, 0.3) is 0 Å². The molecule has 6 rings (SSSR count). The van der Waals surface area contributed by atoms with Gasteiger partial charge in [0.05, 0.1) is 38.9 Å². The van der Waals surface area contributed by atoms with Crippen molar-refractivity contribution < 1.29 is 24.5 Å². The van der Waals surface area contributed by atoms with Crippen molar-refractivity contribution in [1.82, 2.24) is 4.90 Å². The molecule has 6 heteroatoms. The number of benzene rings is 2. The Morgan fingerprint density at radius 3 is 2.40 bits per heavy atom. The number of carbonyl (C=O) groups is 1. The Morgan fingerprint density at radius 2 is 1.65 bits per heavy atom. The minimum atomic E-state index is -0.987. The van der Waals surface area contributed by atoms with Crippen molar-refractivity contribution in [2.24, 2.45) is 22.7 Å². The van der Waals surface area contributed by atoms with Crippen LogP contribution >= 0.6 is 0 Å². The van der Waals surface area contributed by atoms with Crippen molar-refractivity contribution in [3.8, 4) is 11.5 Å². The Morgan fingerprint density at radius 1 is 0.907 bits per heavy atom. The maximum atomic E-state index is 14.0. The van der Waals surface area contributed by atoms with E-state index < -0.39 is 5.60 Å². The Labute approximate surface area is 256 Å². The van der Waals surface area contributed by atoms with Crippen molar-refractivity contribution in [2.45, 2.75) is 83.5 Å². The molecule has 0 spiro atoms. The van der Waals surface area contributed by atoms with Crippen LogP contribution in [-0.4, -0.2) is 53.5 Å². The van der Waals surface area contributed by atoms with Gasteiger partial charge in [0.25, 0.3) is 0 Å². The fourth-order valence-corrected chi connectivity index (χ4v) is 8.98. The molecule has 6 nitrogen and oxygen atoms in total. The van der Waals surface area contributed by atoms with Gasteiger partial charge in [0.2, 0.25) is 5.91 Å². The smallest absolute Gasteiger partial charge is 0.227 e. The molecule has 0 aliphatic heterocycles. The number of fused-ring (bicyclic) bond motifs is 5. The second kappa shape index (κ2) is 11.4. The van der Waals surface area contributed by atoms with Gasteiger partial charge in [-0.05, 0) is 85.5 Å². The highest BCUT2D eigenvalue weighted by Crippen LogP contribution is 2.66. The maximum Gasteiger partial charge on any atom is 0.227 e. The van der Waals surface area contributed by atoms with Crippen LogP contribution in [0.3, 0.4) is 0 Å². The van der Waals surface area contributed by atoms with Gasteiger partial charge in [-0.3, -0.25) is 4.79 Å². The first-order chi connectivity index (χ1) is 20.6. The molecular weight excluding hydrogens is 538 g/mol. The van der Waals surface area contributed by atoms with Crippen LogP contribution in [-0.2, 0) is 17.8 Å². The third-order valence-electron chi connectivity index (χ3n) is 11.7. The predicted molar refractivity (Wildman–Crippen MR) is 168 cm³/mol. The number of hydrogen-bond acceptors (Lipinski definition) is 5. The number of methoxy groups -OCH3 is 2. The highest BCUT2D eigenvalue weighted by Gasteiger charge is 2.62. The molecule has 43 heavy (non-hydrogen) atoms. The van der Waals surface area contributed by atoms with Crippen molar-refractivity contribution in [3.63, 3.8) is 0 Å². The zero-order valence-corrected chi connectivity index (χ0v) is 26.1. The van der Waals surface area contributed by atoms with E-state index in [4.69, 9.17) is 9.47 Å². The van der Waals surface area contributed by atoms with E-state index in [1.165, 1.54) is 11.1 Å². The zero-order valence-electron chi connectivity index (χ0n) is 26.1.